The molecule has 94 valence electrons. The Morgan fingerprint density at radius 1 is 1.47 bits per heavy atom. The van der Waals surface area contributed by atoms with E-state index in [9.17, 15) is 5.11 Å². The lowest BCUT2D eigenvalue weighted by Gasteiger charge is -2.29. The van der Waals surface area contributed by atoms with Crippen molar-refractivity contribution in [2.45, 2.75) is 18.9 Å². The van der Waals surface area contributed by atoms with Gasteiger partial charge in [0.2, 0.25) is 0 Å². The van der Waals surface area contributed by atoms with Crippen LogP contribution in [0.25, 0.3) is 0 Å². The van der Waals surface area contributed by atoms with Gasteiger partial charge in [-0.25, -0.2) is 0 Å². The number of ether oxygens (including phenoxy) is 1. The molecule has 0 radical (unpaired) electrons. The van der Waals surface area contributed by atoms with Crippen LogP contribution in [0.2, 0.25) is 0 Å². The van der Waals surface area contributed by atoms with Crippen molar-refractivity contribution in [1.82, 2.24) is 4.90 Å². The molecule has 1 atom stereocenters. The van der Waals surface area contributed by atoms with E-state index in [4.69, 9.17) is 4.74 Å². The SMILES string of the molecule is O[C@H]1CCCN(CCOc2cccc(Br)c2)C1. The standard InChI is InChI=1S/C13H18BrNO2/c14-11-3-1-5-13(9-11)17-8-7-15-6-2-4-12(16)10-15/h1,3,5,9,12,16H,2,4,6-8,10H2/t12-/m0/s1. The van der Waals surface area contributed by atoms with Gasteiger partial charge < -0.3 is 9.84 Å². The number of aliphatic hydroxyl groups is 1. The highest BCUT2D eigenvalue weighted by molar-refractivity contribution is 9.10. The summed E-state index contributed by atoms with van der Waals surface area (Å²) in [5.41, 5.74) is 0. The van der Waals surface area contributed by atoms with Crippen LogP contribution in [-0.2, 0) is 0 Å². The first-order chi connectivity index (χ1) is 8.24. The maximum absolute atomic E-state index is 9.54. The largest absolute Gasteiger partial charge is 0.492 e. The molecular formula is C13H18BrNO2. The fraction of sp³-hybridized carbons (Fsp3) is 0.538. The molecule has 2 rings (SSSR count). The number of hydrogen-bond donors (Lipinski definition) is 1. The van der Waals surface area contributed by atoms with E-state index >= 15 is 0 Å². The Morgan fingerprint density at radius 2 is 2.35 bits per heavy atom. The van der Waals surface area contributed by atoms with Gasteiger partial charge in [0.25, 0.3) is 0 Å². The van der Waals surface area contributed by atoms with Crippen LogP contribution in [0.5, 0.6) is 5.75 Å². The van der Waals surface area contributed by atoms with Crippen LogP contribution in [-0.4, -0.2) is 42.4 Å². The highest BCUT2D eigenvalue weighted by atomic mass is 79.9. The van der Waals surface area contributed by atoms with Gasteiger partial charge in [0.1, 0.15) is 12.4 Å². The number of nitrogens with zero attached hydrogens (tertiary/aromatic N) is 1. The van der Waals surface area contributed by atoms with Crippen LogP contribution < -0.4 is 4.74 Å². The first-order valence-electron chi connectivity index (χ1n) is 6.03. The minimum absolute atomic E-state index is 0.158. The first-order valence-corrected chi connectivity index (χ1v) is 6.82. The fourth-order valence-corrected chi connectivity index (χ4v) is 2.46. The Bertz CT molecular complexity index is 359. The zero-order valence-corrected chi connectivity index (χ0v) is 11.4. The third kappa shape index (κ3) is 4.30. The second-order valence-electron chi connectivity index (χ2n) is 4.40. The lowest BCUT2D eigenvalue weighted by molar-refractivity contribution is 0.0633. The number of halogens is 1. The van der Waals surface area contributed by atoms with Crippen molar-refractivity contribution in [3.63, 3.8) is 0 Å². The van der Waals surface area contributed by atoms with Crippen molar-refractivity contribution in [2.24, 2.45) is 0 Å². The lowest BCUT2D eigenvalue weighted by atomic mass is 10.1. The van der Waals surface area contributed by atoms with Crippen LogP contribution in [0.1, 0.15) is 12.8 Å². The molecule has 1 heterocycles. The average molecular weight is 300 g/mol. The van der Waals surface area contributed by atoms with E-state index in [0.29, 0.717) is 6.61 Å². The molecule has 0 aliphatic carbocycles. The normalized spacial score (nSPS) is 21.4. The Kier molecular flexibility index (Phi) is 4.83. The van der Waals surface area contributed by atoms with Gasteiger partial charge in [-0.05, 0) is 37.6 Å². The quantitative estimate of drug-likeness (QED) is 0.926. The van der Waals surface area contributed by atoms with E-state index in [1.165, 1.54) is 0 Å². The number of piperidine rings is 1. The molecule has 0 amide bonds. The maximum Gasteiger partial charge on any atom is 0.120 e. The summed E-state index contributed by atoms with van der Waals surface area (Å²) in [6.45, 7) is 3.40. The monoisotopic (exact) mass is 299 g/mol. The third-order valence-electron chi connectivity index (χ3n) is 2.95. The molecule has 17 heavy (non-hydrogen) atoms. The van der Waals surface area contributed by atoms with Crippen molar-refractivity contribution in [3.05, 3.63) is 28.7 Å². The molecule has 1 aromatic carbocycles. The highest BCUT2D eigenvalue weighted by Gasteiger charge is 2.16. The maximum atomic E-state index is 9.54. The second-order valence-corrected chi connectivity index (χ2v) is 5.32. The van der Waals surface area contributed by atoms with Gasteiger partial charge >= 0.3 is 0 Å². The number of aliphatic hydroxyl groups excluding tert-OH is 1. The summed E-state index contributed by atoms with van der Waals surface area (Å²) in [5, 5.41) is 9.54. The molecule has 1 aliphatic heterocycles. The van der Waals surface area contributed by atoms with Crippen molar-refractivity contribution in [1.29, 1.82) is 0 Å². The van der Waals surface area contributed by atoms with Crippen molar-refractivity contribution < 1.29 is 9.84 Å². The molecule has 4 heteroatoms. The fourth-order valence-electron chi connectivity index (χ4n) is 2.08. The molecule has 1 aliphatic rings. The van der Waals surface area contributed by atoms with Gasteiger partial charge in [-0.3, -0.25) is 4.90 Å². The number of benzene rings is 1. The highest BCUT2D eigenvalue weighted by Crippen LogP contribution is 2.17. The summed E-state index contributed by atoms with van der Waals surface area (Å²) < 4.78 is 6.70. The topological polar surface area (TPSA) is 32.7 Å². The van der Waals surface area contributed by atoms with Crippen molar-refractivity contribution in [2.75, 3.05) is 26.2 Å². The first kappa shape index (κ1) is 12.9. The molecule has 1 fully saturated rings. The third-order valence-corrected chi connectivity index (χ3v) is 3.45. The van der Waals surface area contributed by atoms with Gasteiger partial charge in [-0.1, -0.05) is 22.0 Å². The molecule has 1 saturated heterocycles. The lowest BCUT2D eigenvalue weighted by Crippen LogP contribution is -2.40. The zero-order chi connectivity index (χ0) is 12.1. The summed E-state index contributed by atoms with van der Waals surface area (Å²) >= 11 is 3.42. The smallest absolute Gasteiger partial charge is 0.120 e. The number of hydrogen-bond acceptors (Lipinski definition) is 3. The summed E-state index contributed by atoms with van der Waals surface area (Å²) in [6.07, 6.45) is 1.86. The van der Waals surface area contributed by atoms with E-state index in [1.807, 2.05) is 24.3 Å². The van der Waals surface area contributed by atoms with Crippen LogP contribution in [0.4, 0.5) is 0 Å². The van der Waals surface area contributed by atoms with E-state index in [1.54, 1.807) is 0 Å². The molecule has 3 nitrogen and oxygen atoms in total. The molecule has 0 bridgehead atoms. The second kappa shape index (κ2) is 6.38. The summed E-state index contributed by atoms with van der Waals surface area (Å²) in [4.78, 5) is 2.26. The van der Waals surface area contributed by atoms with Gasteiger partial charge in [0.05, 0.1) is 6.10 Å². The Morgan fingerprint density at radius 3 is 3.12 bits per heavy atom. The van der Waals surface area contributed by atoms with Crippen molar-refractivity contribution >= 4 is 15.9 Å². The Balaban J connectivity index is 1.72. The van der Waals surface area contributed by atoms with E-state index < -0.39 is 0 Å². The molecular weight excluding hydrogens is 282 g/mol. The van der Waals surface area contributed by atoms with Crippen molar-refractivity contribution in [3.8, 4) is 5.75 Å². The molecule has 0 aromatic heterocycles. The minimum Gasteiger partial charge on any atom is -0.492 e. The predicted octanol–water partition coefficient (Wildman–Crippen LogP) is 2.28. The van der Waals surface area contributed by atoms with Crippen LogP contribution in [0.15, 0.2) is 28.7 Å². The molecule has 0 saturated carbocycles. The molecule has 0 spiro atoms. The number of rotatable bonds is 4. The number of likely N-dealkylation sites (tertiary alicyclic amines) is 1. The average Bonchev–Trinajstić information content (AvgIpc) is 2.29. The predicted molar refractivity (Wildman–Crippen MR) is 71.3 cm³/mol. The van der Waals surface area contributed by atoms with Gasteiger partial charge in [0, 0.05) is 17.6 Å². The van der Waals surface area contributed by atoms with Gasteiger partial charge in [-0.15, -0.1) is 0 Å². The molecule has 1 N–H and O–H groups in total. The van der Waals surface area contributed by atoms with E-state index in [0.717, 1.165) is 42.7 Å². The van der Waals surface area contributed by atoms with E-state index in [2.05, 4.69) is 20.8 Å². The summed E-state index contributed by atoms with van der Waals surface area (Å²) in [6, 6.07) is 7.86. The van der Waals surface area contributed by atoms with E-state index in [-0.39, 0.29) is 6.10 Å². The minimum atomic E-state index is -0.158. The Labute approximate surface area is 111 Å². The molecule has 1 aromatic rings. The molecule has 0 unspecified atom stereocenters. The zero-order valence-electron chi connectivity index (χ0n) is 9.81. The van der Waals surface area contributed by atoms with Crippen LogP contribution in [0.3, 0.4) is 0 Å². The Hall–Kier alpha value is -0.580. The van der Waals surface area contributed by atoms with Gasteiger partial charge in [0.15, 0.2) is 0 Å². The van der Waals surface area contributed by atoms with Gasteiger partial charge in [-0.2, -0.15) is 0 Å². The van der Waals surface area contributed by atoms with Crippen LogP contribution >= 0.6 is 15.9 Å². The van der Waals surface area contributed by atoms with Crippen LogP contribution in [0, 0.1) is 0 Å². The number of β-amino-alcohol motifs (C(OH)–C–C–N with tert-alkyl or cyclic N) is 1. The summed E-state index contributed by atoms with van der Waals surface area (Å²) in [7, 11) is 0. The summed E-state index contributed by atoms with van der Waals surface area (Å²) in [5.74, 6) is 0.886.